The number of hydrogen-bond acceptors (Lipinski definition) is 4. The summed E-state index contributed by atoms with van der Waals surface area (Å²) in [6.07, 6.45) is 2.29. The number of benzene rings is 2. The van der Waals surface area contributed by atoms with E-state index < -0.39 is 0 Å². The van der Waals surface area contributed by atoms with Crippen molar-refractivity contribution in [2.45, 2.75) is 32.0 Å². The molecule has 1 aliphatic rings. The zero-order chi connectivity index (χ0) is 17.2. The Morgan fingerprint density at radius 2 is 1.92 bits per heavy atom. The summed E-state index contributed by atoms with van der Waals surface area (Å²) in [6.45, 7) is 1.23. The van der Waals surface area contributed by atoms with E-state index in [1.165, 1.54) is 6.07 Å². The third kappa shape index (κ3) is 4.06. The topological polar surface area (TPSA) is 42.2 Å². The van der Waals surface area contributed by atoms with E-state index in [0.717, 1.165) is 24.0 Å². The Bertz CT molecular complexity index is 861. The predicted molar refractivity (Wildman–Crippen MR) is 93.4 cm³/mol. The van der Waals surface area contributed by atoms with Crippen molar-refractivity contribution in [3.05, 3.63) is 70.8 Å². The minimum Gasteiger partial charge on any atom is -0.338 e. The normalized spacial score (nSPS) is 14.2. The van der Waals surface area contributed by atoms with Crippen molar-refractivity contribution in [2.24, 2.45) is 0 Å². The molecule has 0 N–H and O–H groups in total. The van der Waals surface area contributed by atoms with Gasteiger partial charge in [0.15, 0.2) is 0 Å². The largest absolute Gasteiger partial charge is 0.338 e. The third-order valence-electron chi connectivity index (χ3n) is 4.25. The fourth-order valence-corrected chi connectivity index (χ4v) is 2.96. The summed E-state index contributed by atoms with van der Waals surface area (Å²) in [5.41, 5.74) is 1.81. The number of aromatic nitrogens is 2. The quantitative estimate of drug-likeness (QED) is 0.641. The summed E-state index contributed by atoms with van der Waals surface area (Å²) in [5, 5.41) is 4.72. The van der Waals surface area contributed by atoms with Crippen molar-refractivity contribution in [1.29, 1.82) is 0 Å². The van der Waals surface area contributed by atoms with Gasteiger partial charge < -0.3 is 4.52 Å². The lowest BCUT2D eigenvalue weighted by molar-refractivity contribution is 0.209. The summed E-state index contributed by atoms with van der Waals surface area (Å²) in [5.74, 6) is 0.900. The lowest BCUT2D eigenvalue weighted by Gasteiger charge is -2.19. The molecular weight excluding hydrogens is 341 g/mol. The molecule has 0 atom stereocenters. The molecule has 2 aromatic carbocycles. The first kappa shape index (κ1) is 16.2. The van der Waals surface area contributed by atoms with E-state index in [1.807, 2.05) is 18.2 Å². The van der Waals surface area contributed by atoms with Gasteiger partial charge in [-0.05, 0) is 54.8 Å². The Morgan fingerprint density at radius 1 is 1.12 bits per heavy atom. The van der Waals surface area contributed by atoms with Crippen LogP contribution in [0.2, 0.25) is 5.02 Å². The minimum absolute atomic E-state index is 0.212. The van der Waals surface area contributed by atoms with Crippen molar-refractivity contribution < 1.29 is 8.91 Å². The van der Waals surface area contributed by atoms with Gasteiger partial charge in [-0.1, -0.05) is 28.9 Å². The Balaban J connectivity index is 1.48. The van der Waals surface area contributed by atoms with Crippen LogP contribution < -0.4 is 0 Å². The molecule has 0 radical (unpaired) electrons. The van der Waals surface area contributed by atoms with E-state index in [4.69, 9.17) is 16.1 Å². The highest BCUT2D eigenvalue weighted by Gasteiger charge is 2.30. The van der Waals surface area contributed by atoms with Crippen LogP contribution in [0.4, 0.5) is 4.39 Å². The van der Waals surface area contributed by atoms with E-state index in [9.17, 15) is 4.39 Å². The molecular formula is C19H17ClFN3O. The molecule has 6 heteroatoms. The number of halogens is 2. The molecule has 1 aliphatic carbocycles. The maximum Gasteiger partial charge on any atom is 0.241 e. The molecule has 1 heterocycles. The fraction of sp³-hybridized carbons (Fsp3) is 0.263. The number of nitrogens with zero attached hydrogens (tertiary/aromatic N) is 3. The summed E-state index contributed by atoms with van der Waals surface area (Å²) < 4.78 is 18.8. The summed E-state index contributed by atoms with van der Waals surface area (Å²) in [6, 6.07) is 14.5. The van der Waals surface area contributed by atoms with Gasteiger partial charge >= 0.3 is 0 Å². The molecule has 3 aromatic rings. The van der Waals surface area contributed by atoms with E-state index in [-0.39, 0.29) is 5.82 Å². The van der Waals surface area contributed by atoms with Crippen LogP contribution in [0.3, 0.4) is 0 Å². The Morgan fingerprint density at radius 3 is 2.64 bits per heavy atom. The SMILES string of the molecule is Fc1cccc(CN(Cc2nc(-c3ccc(Cl)cc3)no2)C2CC2)c1. The lowest BCUT2D eigenvalue weighted by atomic mass is 10.2. The summed E-state index contributed by atoms with van der Waals surface area (Å²) in [4.78, 5) is 6.74. The fourth-order valence-electron chi connectivity index (χ4n) is 2.83. The van der Waals surface area contributed by atoms with Crippen LogP contribution in [0.1, 0.15) is 24.3 Å². The van der Waals surface area contributed by atoms with Gasteiger partial charge in [-0.15, -0.1) is 0 Å². The molecule has 0 amide bonds. The first-order valence-electron chi connectivity index (χ1n) is 8.24. The number of rotatable bonds is 6. The van der Waals surface area contributed by atoms with Gasteiger partial charge in [0, 0.05) is 23.2 Å². The zero-order valence-electron chi connectivity index (χ0n) is 13.5. The van der Waals surface area contributed by atoms with Crippen molar-refractivity contribution in [2.75, 3.05) is 0 Å². The van der Waals surface area contributed by atoms with Crippen LogP contribution in [0.15, 0.2) is 53.1 Å². The molecule has 0 aliphatic heterocycles. The monoisotopic (exact) mass is 357 g/mol. The Hall–Kier alpha value is -2.24. The second-order valence-corrected chi connectivity index (χ2v) is 6.72. The van der Waals surface area contributed by atoms with Gasteiger partial charge in [-0.2, -0.15) is 4.98 Å². The van der Waals surface area contributed by atoms with Crippen LogP contribution in [0.25, 0.3) is 11.4 Å². The van der Waals surface area contributed by atoms with Crippen molar-refractivity contribution >= 4 is 11.6 Å². The molecule has 4 rings (SSSR count). The smallest absolute Gasteiger partial charge is 0.241 e. The molecule has 128 valence electrons. The van der Waals surface area contributed by atoms with Crippen molar-refractivity contribution in [3.63, 3.8) is 0 Å². The van der Waals surface area contributed by atoms with Gasteiger partial charge in [0.2, 0.25) is 11.7 Å². The van der Waals surface area contributed by atoms with E-state index >= 15 is 0 Å². The van der Waals surface area contributed by atoms with E-state index in [0.29, 0.717) is 35.9 Å². The average molecular weight is 358 g/mol. The Labute approximate surface area is 150 Å². The van der Waals surface area contributed by atoms with E-state index in [1.54, 1.807) is 24.3 Å². The van der Waals surface area contributed by atoms with Crippen LogP contribution in [0, 0.1) is 5.82 Å². The van der Waals surface area contributed by atoms with E-state index in [2.05, 4.69) is 15.0 Å². The Kier molecular flexibility index (Phi) is 4.51. The van der Waals surface area contributed by atoms with Gasteiger partial charge in [-0.3, -0.25) is 4.90 Å². The molecule has 1 aromatic heterocycles. The second-order valence-electron chi connectivity index (χ2n) is 6.28. The molecule has 0 saturated heterocycles. The molecule has 0 spiro atoms. The predicted octanol–water partition coefficient (Wildman–Crippen LogP) is 4.69. The molecule has 1 fully saturated rings. The molecule has 25 heavy (non-hydrogen) atoms. The standard InChI is InChI=1S/C19H17ClFN3O/c20-15-6-4-14(5-7-15)19-22-18(25-23-19)12-24(17-8-9-17)11-13-2-1-3-16(21)10-13/h1-7,10,17H,8-9,11-12H2. The van der Waals surface area contributed by atoms with Gasteiger partial charge in [0.05, 0.1) is 6.54 Å². The minimum atomic E-state index is -0.212. The lowest BCUT2D eigenvalue weighted by Crippen LogP contribution is -2.25. The summed E-state index contributed by atoms with van der Waals surface area (Å²) >= 11 is 5.91. The molecule has 4 nitrogen and oxygen atoms in total. The van der Waals surface area contributed by atoms with Crippen LogP contribution in [-0.2, 0) is 13.1 Å². The van der Waals surface area contributed by atoms with Gasteiger partial charge in [0.1, 0.15) is 5.82 Å². The first-order valence-corrected chi connectivity index (χ1v) is 8.62. The highest BCUT2D eigenvalue weighted by atomic mass is 35.5. The van der Waals surface area contributed by atoms with Crippen LogP contribution in [-0.4, -0.2) is 21.1 Å². The molecule has 0 bridgehead atoms. The van der Waals surface area contributed by atoms with Crippen LogP contribution in [0.5, 0.6) is 0 Å². The second kappa shape index (κ2) is 6.94. The average Bonchev–Trinajstić information content (AvgIpc) is 3.35. The highest BCUT2D eigenvalue weighted by Crippen LogP contribution is 2.30. The molecule has 1 saturated carbocycles. The maximum absolute atomic E-state index is 13.4. The van der Waals surface area contributed by atoms with Crippen molar-refractivity contribution in [1.82, 2.24) is 15.0 Å². The molecule has 0 unspecified atom stereocenters. The first-order chi connectivity index (χ1) is 12.2. The van der Waals surface area contributed by atoms with Crippen LogP contribution >= 0.6 is 11.6 Å². The van der Waals surface area contributed by atoms with Gasteiger partial charge in [0.25, 0.3) is 0 Å². The third-order valence-corrected chi connectivity index (χ3v) is 4.50. The maximum atomic E-state index is 13.4. The highest BCUT2D eigenvalue weighted by molar-refractivity contribution is 6.30. The van der Waals surface area contributed by atoms with Crippen molar-refractivity contribution in [3.8, 4) is 11.4 Å². The summed E-state index contributed by atoms with van der Waals surface area (Å²) in [7, 11) is 0. The zero-order valence-corrected chi connectivity index (χ0v) is 14.3. The number of hydrogen-bond donors (Lipinski definition) is 0. The van der Waals surface area contributed by atoms with Gasteiger partial charge in [-0.25, -0.2) is 4.39 Å².